The van der Waals surface area contributed by atoms with Crippen molar-refractivity contribution in [2.75, 3.05) is 32.8 Å². The Morgan fingerprint density at radius 3 is 2.63 bits per heavy atom. The van der Waals surface area contributed by atoms with E-state index in [2.05, 4.69) is 41.4 Å². The lowest BCUT2D eigenvalue weighted by atomic mass is 10.1. The fourth-order valence-corrected chi connectivity index (χ4v) is 2.51. The van der Waals surface area contributed by atoms with Gasteiger partial charge in [0.25, 0.3) is 0 Å². The summed E-state index contributed by atoms with van der Waals surface area (Å²) >= 11 is 0. The predicted molar refractivity (Wildman–Crippen MR) is 79.2 cm³/mol. The van der Waals surface area contributed by atoms with Crippen molar-refractivity contribution in [1.29, 1.82) is 0 Å². The van der Waals surface area contributed by atoms with Crippen LogP contribution in [0.4, 0.5) is 0 Å². The van der Waals surface area contributed by atoms with Crippen LogP contribution >= 0.6 is 0 Å². The lowest BCUT2D eigenvalue weighted by molar-refractivity contribution is 0.0987. The molecule has 1 N–H and O–H groups in total. The van der Waals surface area contributed by atoms with Gasteiger partial charge in [-0.25, -0.2) is 0 Å². The highest BCUT2D eigenvalue weighted by Crippen LogP contribution is 2.11. The first-order chi connectivity index (χ1) is 9.40. The lowest BCUT2D eigenvalue weighted by Crippen LogP contribution is -2.24. The van der Waals surface area contributed by atoms with Crippen LogP contribution < -0.4 is 5.32 Å². The topological polar surface area (TPSA) is 24.5 Å². The molecule has 1 heterocycles. The second-order valence-electron chi connectivity index (χ2n) is 5.15. The van der Waals surface area contributed by atoms with E-state index in [4.69, 9.17) is 4.74 Å². The number of ether oxygens (including phenoxy) is 1. The molecule has 1 aliphatic heterocycles. The Morgan fingerprint density at radius 1 is 1.16 bits per heavy atom. The SMILES string of the molecule is CCNCc1ccccc1COCCN1CCCC1. The summed E-state index contributed by atoms with van der Waals surface area (Å²) in [6, 6.07) is 8.54. The standard InChI is InChI=1S/C16H26N2O/c1-2-17-13-15-7-3-4-8-16(15)14-19-12-11-18-9-5-6-10-18/h3-4,7-8,17H,2,5-6,9-14H2,1H3. The summed E-state index contributed by atoms with van der Waals surface area (Å²) in [6.07, 6.45) is 2.71. The average molecular weight is 262 g/mol. The van der Waals surface area contributed by atoms with Crippen LogP contribution in [-0.2, 0) is 17.9 Å². The molecule has 0 unspecified atom stereocenters. The van der Waals surface area contributed by atoms with Crippen molar-refractivity contribution in [3.8, 4) is 0 Å². The minimum atomic E-state index is 0.732. The van der Waals surface area contributed by atoms with Crippen molar-refractivity contribution < 1.29 is 4.74 Å². The second kappa shape index (κ2) is 8.31. The number of likely N-dealkylation sites (tertiary alicyclic amines) is 1. The fraction of sp³-hybridized carbons (Fsp3) is 0.625. The molecular weight excluding hydrogens is 236 g/mol. The molecule has 2 rings (SSSR count). The quantitative estimate of drug-likeness (QED) is 0.728. The van der Waals surface area contributed by atoms with Gasteiger partial charge in [0.15, 0.2) is 0 Å². The van der Waals surface area contributed by atoms with Gasteiger partial charge >= 0.3 is 0 Å². The highest BCUT2D eigenvalue weighted by Gasteiger charge is 2.10. The van der Waals surface area contributed by atoms with Gasteiger partial charge in [-0.05, 0) is 43.6 Å². The summed E-state index contributed by atoms with van der Waals surface area (Å²) in [4.78, 5) is 2.49. The van der Waals surface area contributed by atoms with E-state index in [0.717, 1.165) is 32.8 Å². The van der Waals surface area contributed by atoms with Gasteiger partial charge < -0.3 is 15.0 Å². The van der Waals surface area contributed by atoms with Crippen LogP contribution in [0.25, 0.3) is 0 Å². The van der Waals surface area contributed by atoms with Gasteiger partial charge in [0, 0.05) is 13.1 Å². The maximum atomic E-state index is 5.83. The van der Waals surface area contributed by atoms with Gasteiger partial charge in [-0.2, -0.15) is 0 Å². The van der Waals surface area contributed by atoms with E-state index in [0.29, 0.717) is 0 Å². The highest BCUT2D eigenvalue weighted by molar-refractivity contribution is 5.26. The second-order valence-corrected chi connectivity index (χ2v) is 5.15. The molecule has 0 radical (unpaired) electrons. The monoisotopic (exact) mass is 262 g/mol. The molecule has 0 aliphatic carbocycles. The van der Waals surface area contributed by atoms with Crippen molar-refractivity contribution >= 4 is 0 Å². The van der Waals surface area contributed by atoms with E-state index in [1.807, 2.05) is 0 Å². The summed E-state index contributed by atoms with van der Waals surface area (Å²) in [5, 5.41) is 3.38. The van der Waals surface area contributed by atoms with Crippen molar-refractivity contribution in [1.82, 2.24) is 10.2 Å². The van der Waals surface area contributed by atoms with Gasteiger partial charge in [-0.15, -0.1) is 0 Å². The van der Waals surface area contributed by atoms with Crippen LogP contribution in [0.1, 0.15) is 30.9 Å². The van der Waals surface area contributed by atoms with Crippen LogP contribution in [0.5, 0.6) is 0 Å². The first kappa shape index (κ1) is 14.5. The lowest BCUT2D eigenvalue weighted by Gasteiger charge is -2.15. The molecule has 3 nitrogen and oxygen atoms in total. The van der Waals surface area contributed by atoms with Crippen LogP contribution in [0.3, 0.4) is 0 Å². The van der Waals surface area contributed by atoms with E-state index < -0.39 is 0 Å². The van der Waals surface area contributed by atoms with Gasteiger partial charge in [-0.1, -0.05) is 31.2 Å². The number of nitrogens with zero attached hydrogens (tertiary/aromatic N) is 1. The normalized spacial score (nSPS) is 16.1. The number of hydrogen-bond acceptors (Lipinski definition) is 3. The Hall–Kier alpha value is -0.900. The Kier molecular flexibility index (Phi) is 6.34. The van der Waals surface area contributed by atoms with E-state index in [9.17, 15) is 0 Å². The molecule has 0 saturated carbocycles. The minimum absolute atomic E-state index is 0.732. The molecule has 0 amide bonds. The molecule has 106 valence electrons. The Bertz CT molecular complexity index is 362. The molecule has 1 fully saturated rings. The molecule has 0 aromatic heterocycles. The number of nitrogens with one attached hydrogen (secondary N) is 1. The Labute approximate surface area is 116 Å². The molecule has 0 atom stereocenters. The first-order valence-electron chi connectivity index (χ1n) is 7.47. The number of rotatable bonds is 8. The van der Waals surface area contributed by atoms with Crippen molar-refractivity contribution in [3.05, 3.63) is 35.4 Å². The molecule has 1 aromatic carbocycles. The van der Waals surface area contributed by atoms with E-state index in [-0.39, 0.29) is 0 Å². The number of benzene rings is 1. The maximum Gasteiger partial charge on any atom is 0.0720 e. The Morgan fingerprint density at radius 2 is 1.89 bits per heavy atom. The summed E-state index contributed by atoms with van der Waals surface area (Å²) in [7, 11) is 0. The van der Waals surface area contributed by atoms with Crippen molar-refractivity contribution in [2.24, 2.45) is 0 Å². The maximum absolute atomic E-state index is 5.83. The van der Waals surface area contributed by atoms with Crippen molar-refractivity contribution in [2.45, 2.75) is 32.9 Å². The predicted octanol–water partition coefficient (Wildman–Crippen LogP) is 2.41. The van der Waals surface area contributed by atoms with E-state index in [1.165, 1.54) is 37.1 Å². The third kappa shape index (κ3) is 4.94. The van der Waals surface area contributed by atoms with Crippen LogP contribution in [0, 0.1) is 0 Å². The summed E-state index contributed by atoms with van der Waals surface area (Å²) < 4.78 is 5.83. The van der Waals surface area contributed by atoms with Crippen LogP contribution in [0.2, 0.25) is 0 Å². The molecule has 1 saturated heterocycles. The zero-order valence-corrected chi connectivity index (χ0v) is 12.0. The molecule has 1 aliphatic rings. The van der Waals surface area contributed by atoms with Gasteiger partial charge in [0.1, 0.15) is 0 Å². The largest absolute Gasteiger partial charge is 0.375 e. The molecule has 0 bridgehead atoms. The molecular formula is C16H26N2O. The molecule has 3 heteroatoms. The van der Waals surface area contributed by atoms with Gasteiger partial charge in [-0.3, -0.25) is 0 Å². The zero-order chi connectivity index (χ0) is 13.3. The third-order valence-corrected chi connectivity index (χ3v) is 3.69. The van der Waals surface area contributed by atoms with Crippen molar-refractivity contribution in [3.63, 3.8) is 0 Å². The summed E-state index contributed by atoms with van der Waals surface area (Å²) in [5.74, 6) is 0. The third-order valence-electron chi connectivity index (χ3n) is 3.69. The smallest absolute Gasteiger partial charge is 0.0720 e. The Balaban J connectivity index is 1.72. The molecule has 19 heavy (non-hydrogen) atoms. The minimum Gasteiger partial charge on any atom is -0.375 e. The van der Waals surface area contributed by atoms with E-state index in [1.54, 1.807) is 0 Å². The van der Waals surface area contributed by atoms with Gasteiger partial charge in [0.05, 0.1) is 13.2 Å². The van der Waals surface area contributed by atoms with Crippen LogP contribution in [0.15, 0.2) is 24.3 Å². The van der Waals surface area contributed by atoms with Gasteiger partial charge in [0.2, 0.25) is 0 Å². The molecule has 0 spiro atoms. The van der Waals surface area contributed by atoms with E-state index >= 15 is 0 Å². The van der Waals surface area contributed by atoms with Crippen LogP contribution in [-0.4, -0.2) is 37.7 Å². The first-order valence-corrected chi connectivity index (χ1v) is 7.47. The fourth-order valence-electron chi connectivity index (χ4n) is 2.51. The summed E-state index contributed by atoms with van der Waals surface area (Å²) in [6.45, 7) is 9.22. The summed E-state index contributed by atoms with van der Waals surface area (Å²) in [5.41, 5.74) is 2.66. The average Bonchev–Trinajstić information content (AvgIpc) is 2.95. The molecule has 1 aromatic rings. The zero-order valence-electron chi connectivity index (χ0n) is 12.0. The highest BCUT2D eigenvalue weighted by atomic mass is 16.5. The number of hydrogen-bond donors (Lipinski definition) is 1.